The summed E-state index contributed by atoms with van der Waals surface area (Å²) in [5, 5.41) is 12.3. The SMILES string of the molecule is Cc1[nH]c2c(F)ccc(C)c2c1CCNC(=O)c1ccc(OCC(=O)O)cc1. The fourth-order valence-electron chi connectivity index (χ4n) is 3.21. The van der Waals surface area contributed by atoms with Gasteiger partial charge in [-0.1, -0.05) is 6.07 Å². The summed E-state index contributed by atoms with van der Waals surface area (Å²) in [5.41, 5.74) is 3.80. The number of H-pyrrole nitrogens is 1. The van der Waals surface area contributed by atoms with Crippen molar-refractivity contribution >= 4 is 22.8 Å². The van der Waals surface area contributed by atoms with Gasteiger partial charge in [-0.2, -0.15) is 0 Å². The second-order valence-corrected chi connectivity index (χ2v) is 6.56. The summed E-state index contributed by atoms with van der Waals surface area (Å²) in [7, 11) is 0. The number of nitrogens with one attached hydrogen (secondary N) is 2. The van der Waals surface area contributed by atoms with E-state index in [1.165, 1.54) is 6.07 Å². The molecule has 0 aliphatic heterocycles. The number of amides is 1. The van der Waals surface area contributed by atoms with Gasteiger partial charge in [0, 0.05) is 23.2 Å². The van der Waals surface area contributed by atoms with Crippen LogP contribution in [0.2, 0.25) is 0 Å². The maximum Gasteiger partial charge on any atom is 0.341 e. The van der Waals surface area contributed by atoms with E-state index in [4.69, 9.17) is 9.84 Å². The van der Waals surface area contributed by atoms with Crippen LogP contribution in [0, 0.1) is 19.7 Å². The van der Waals surface area contributed by atoms with Crippen molar-refractivity contribution in [2.24, 2.45) is 0 Å². The Morgan fingerprint density at radius 3 is 2.54 bits per heavy atom. The molecule has 0 spiro atoms. The van der Waals surface area contributed by atoms with E-state index in [1.807, 2.05) is 13.8 Å². The zero-order chi connectivity index (χ0) is 20.3. The minimum Gasteiger partial charge on any atom is -0.482 e. The van der Waals surface area contributed by atoms with Gasteiger partial charge in [0.1, 0.15) is 11.6 Å². The molecule has 7 heteroatoms. The first-order chi connectivity index (χ1) is 13.4. The highest BCUT2D eigenvalue weighted by molar-refractivity contribution is 5.94. The van der Waals surface area contributed by atoms with Crippen LogP contribution >= 0.6 is 0 Å². The van der Waals surface area contributed by atoms with Gasteiger partial charge in [-0.3, -0.25) is 4.79 Å². The smallest absolute Gasteiger partial charge is 0.341 e. The Bertz CT molecular complexity index is 1030. The number of aliphatic carboxylic acids is 1. The number of aromatic amines is 1. The number of aryl methyl sites for hydroxylation is 2. The fourth-order valence-corrected chi connectivity index (χ4v) is 3.21. The standard InChI is InChI=1S/C21H21FN2O4/c1-12-3-8-17(22)20-19(12)16(13(2)24-20)9-10-23-21(27)14-4-6-15(7-5-14)28-11-18(25)26/h3-8,24H,9-11H2,1-2H3,(H,23,27)(H,25,26). The van der Waals surface area contributed by atoms with Crippen molar-refractivity contribution in [1.82, 2.24) is 10.3 Å². The lowest BCUT2D eigenvalue weighted by Crippen LogP contribution is -2.25. The molecule has 3 N–H and O–H groups in total. The van der Waals surface area contributed by atoms with Crippen molar-refractivity contribution in [2.75, 3.05) is 13.2 Å². The molecule has 0 radical (unpaired) electrons. The van der Waals surface area contributed by atoms with Crippen LogP contribution in [-0.2, 0) is 11.2 Å². The van der Waals surface area contributed by atoms with Crippen LogP contribution in [0.5, 0.6) is 5.75 Å². The summed E-state index contributed by atoms with van der Waals surface area (Å²) < 4.78 is 19.1. The first-order valence-corrected chi connectivity index (χ1v) is 8.86. The highest BCUT2D eigenvalue weighted by Gasteiger charge is 2.14. The lowest BCUT2D eigenvalue weighted by Gasteiger charge is -2.08. The van der Waals surface area contributed by atoms with Gasteiger partial charge in [-0.25, -0.2) is 9.18 Å². The number of halogens is 1. The number of carbonyl (C=O) groups is 2. The summed E-state index contributed by atoms with van der Waals surface area (Å²) in [6.45, 7) is 3.80. The third-order valence-electron chi connectivity index (χ3n) is 4.57. The van der Waals surface area contributed by atoms with Crippen molar-refractivity contribution in [3.63, 3.8) is 0 Å². The Balaban J connectivity index is 1.63. The maximum absolute atomic E-state index is 14.0. The molecule has 0 bridgehead atoms. The van der Waals surface area contributed by atoms with Gasteiger partial charge in [0.2, 0.25) is 0 Å². The zero-order valence-corrected chi connectivity index (χ0v) is 15.6. The maximum atomic E-state index is 14.0. The molecule has 0 aliphatic rings. The van der Waals surface area contributed by atoms with Crippen LogP contribution in [-0.4, -0.2) is 35.1 Å². The van der Waals surface area contributed by atoms with E-state index in [0.29, 0.717) is 29.8 Å². The van der Waals surface area contributed by atoms with Crippen LogP contribution in [0.15, 0.2) is 36.4 Å². The number of carboxylic acids is 1. The second-order valence-electron chi connectivity index (χ2n) is 6.56. The molecule has 1 heterocycles. The monoisotopic (exact) mass is 384 g/mol. The Kier molecular flexibility index (Phi) is 5.63. The number of hydrogen-bond acceptors (Lipinski definition) is 3. The summed E-state index contributed by atoms with van der Waals surface area (Å²) >= 11 is 0. The van der Waals surface area contributed by atoms with Crippen molar-refractivity contribution in [3.8, 4) is 5.75 Å². The van der Waals surface area contributed by atoms with E-state index in [9.17, 15) is 14.0 Å². The Morgan fingerprint density at radius 1 is 1.14 bits per heavy atom. The number of aromatic nitrogens is 1. The molecule has 0 saturated carbocycles. The molecule has 0 saturated heterocycles. The van der Waals surface area contributed by atoms with Crippen molar-refractivity contribution in [1.29, 1.82) is 0 Å². The highest BCUT2D eigenvalue weighted by Crippen LogP contribution is 2.27. The molecular weight excluding hydrogens is 363 g/mol. The van der Waals surface area contributed by atoms with Crippen LogP contribution < -0.4 is 10.1 Å². The molecule has 1 amide bonds. The summed E-state index contributed by atoms with van der Waals surface area (Å²) in [4.78, 5) is 25.9. The molecule has 3 rings (SSSR count). The van der Waals surface area contributed by atoms with Crippen LogP contribution in [0.3, 0.4) is 0 Å². The van der Waals surface area contributed by atoms with E-state index in [2.05, 4.69) is 10.3 Å². The predicted octanol–water partition coefficient (Wildman–Crippen LogP) is 3.36. The van der Waals surface area contributed by atoms with Crippen LogP contribution in [0.25, 0.3) is 10.9 Å². The first kappa shape index (κ1) is 19.4. The molecular formula is C21H21FN2O4. The van der Waals surface area contributed by atoms with Gasteiger partial charge >= 0.3 is 5.97 Å². The van der Waals surface area contributed by atoms with Gasteiger partial charge in [-0.15, -0.1) is 0 Å². The summed E-state index contributed by atoms with van der Waals surface area (Å²) in [6, 6.07) is 9.44. The number of benzene rings is 2. The molecule has 146 valence electrons. The fraction of sp³-hybridized carbons (Fsp3) is 0.238. The topological polar surface area (TPSA) is 91.4 Å². The molecule has 1 aromatic heterocycles. The van der Waals surface area contributed by atoms with Gasteiger partial charge in [0.15, 0.2) is 6.61 Å². The molecule has 28 heavy (non-hydrogen) atoms. The van der Waals surface area contributed by atoms with Gasteiger partial charge in [-0.05, 0) is 61.7 Å². The molecule has 0 fully saturated rings. The Hall–Kier alpha value is -3.35. The van der Waals surface area contributed by atoms with Gasteiger partial charge in [0.25, 0.3) is 5.91 Å². The molecule has 0 aliphatic carbocycles. The lowest BCUT2D eigenvalue weighted by atomic mass is 10.0. The number of hydrogen-bond donors (Lipinski definition) is 3. The van der Waals surface area contributed by atoms with Crippen molar-refractivity contribution < 1.29 is 23.8 Å². The molecule has 0 unspecified atom stereocenters. The normalized spacial score (nSPS) is 10.8. The van der Waals surface area contributed by atoms with E-state index in [0.717, 1.165) is 22.2 Å². The summed E-state index contributed by atoms with van der Waals surface area (Å²) in [6.07, 6.45) is 0.571. The summed E-state index contributed by atoms with van der Waals surface area (Å²) in [5.74, 6) is -1.22. The second kappa shape index (κ2) is 8.12. The average Bonchev–Trinajstić information content (AvgIpc) is 3.01. The highest BCUT2D eigenvalue weighted by atomic mass is 19.1. The average molecular weight is 384 g/mol. The number of carbonyl (C=O) groups excluding carboxylic acids is 1. The van der Waals surface area contributed by atoms with Crippen LogP contribution in [0.4, 0.5) is 4.39 Å². The van der Waals surface area contributed by atoms with Crippen molar-refractivity contribution in [3.05, 3.63) is 64.6 Å². The van der Waals surface area contributed by atoms with Gasteiger partial charge < -0.3 is 20.1 Å². The van der Waals surface area contributed by atoms with Crippen molar-refractivity contribution in [2.45, 2.75) is 20.3 Å². The molecule has 0 atom stereocenters. The van der Waals surface area contributed by atoms with Crippen LogP contribution in [0.1, 0.15) is 27.2 Å². The number of rotatable bonds is 7. The lowest BCUT2D eigenvalue weighted by molar-refractivity contribution is -0.139. The number of fused-ring (bicyclic) bond motifs is 1. The number of carboxylic acid groups (broad SMARTS) is 1. The molecule has 2 aromatic carbocycles. The van der Waals surface area contributed by atoms with E-state index in [-0.39, 0.29) is 11.7 Å². The quantitative estimate of drug-likeness (QED) is 0.583. The first-order valence-electron chi connectivity index (χ1n) is 8.86. The third kappa shape index (κ3) is 4.14. The molecule has 6 nitrogen and oxygen atoms in total. The van der Waals surface area contributed by atoms with E-state index < -0.39 is 12.6 Å². The molecule has 3 aromatic rings. The number of ether oxygens (including phenoxy) is 1. The Labute approximate surface area is 161 Å². The van der Waals surface area contributed by atoms with Gasteiger partial charge in [0.05, 0.1) is 5.52 Å². The minimum absolute atomic E-state index is 0.245. The predicted molar refractivity (Wildman–Crippen MR) is 103 cm³/mol. The van der Waals surface area contributed by atoms with E-state index in [1.54, 1.807) is 30.3 Å². The minimum atomic E-state index is -1.07. The zero-order valence-electron chi connectivity index (χ0n) is 15.6. The Morgan fingerprint density at radius 2 is 1.86 bits per heavy atom. The van der Waals surface area contributed by atoms with E-state index >= 15 is 0 Å². The third-order valence-corrected chi connectivity index (χ3v) is 4.57. The largest absolute Gasteiger partial charge is 0.482 e.